The van der Waals surface area contributed by atoms with E-state index in [1.54, 1.807) is 12.1 Å². The minimum Gasteiger partial charge on any atom is -0.478 e. The summed E-state index contributed by atoms with van der Waals surface area (Å²) in [5.41, 5.74) is 10.6. The second-order valence-corrected chi connectivity index (χ2v) is 10.4. The van der Waals surface area contributed by atoms with E-state index in [2.05, 4.69) is 86.6 Å². The van der Waals surface area contributed by atoms with Crippen molar-refractivity contribution in [1.29, 1.82) is 0 Å². The number of carboxylic acid groups (broad SMARTS) is 1. The molecular weight excluding hydrogens is 556 g/mol. The number of hydrogen-bond acceptors (Lipinski definition) is 3. The Bertz CT molecular complexity index is 1800. The van der Waals surface area contributed by atoms with E-state index >= 15 is 0 Å². The van der Waals surface area contributed by atoms with E-state index in [0.717, 1.165) is 11.1 Å². The average Bonchev–Trinajstić information content (AvgIpc) is 3.07. The van der Waals surface area contributed by atoms with Crippen molar-refractivity contribution in [2.45, 2.75) is 21.3 Å². The molecule has 1 N–H and O–H groups in total. The molecule has 0 saturated heterocycles. The zero-order valence-corrected chi connectivity index (χ0v) is 24.6. The largest absolute Gasteiger partial charge is 0.478 e. The molecule has 45 heavy (non-hydrogen) atoms. The van der Waals surface area contributed by atoms with Crippen LogP contribution < -0.4 is 4.74 Å². The van der Waals surface area contributed by atoms with Gasteiger partial charge in [-0.05, 0) is 76.1 Å². The Hall–Kier alpha value is -5.74. The van der Waals surface area contributed by atoms with E-state index in [-0.39, 0.29) is 13.0 Å². The lowest BCUT2D eigenvalue weighted by molar-refractivity contribution is -0.120. The first-order chi connectivity index (χ1) is 21.5. The minimum atomic E-state index is -1.04. The molecule has 0 aliphatic carbocycles. The Balaban J connectivity index is 0.000000203. The second-order valence-electron chi connectivity index (χ2n) is 10.4. The lowest BCUT2D eigenvalue weighted by atomic mass is 9.92. The predicted molar refractivity (Wildman–Crippen MR) is 184 cm³/mol. The van der Waals surface area contributed by atoms with Gasteiger partial charge in [-0.2, -0.15) is 0 Å². The Morgan fingerprint density at radius 1 is 0.533 bits per heavy atom. The van der Waals surface area contributed by atoms with Gasteiger partial charge in [0.25, 0.3) is 6.47 Å². The molecule has 4 nitrogen and oxygen atoms in total. The van der Waals surface area contributed by atoms with Gasteiger partial charge in [-0.15, -0.1) is 0 Å². The Morgan fingerprint density at radius 2 is 0.889 bits per heavy atom. The van der Waals surface area contributed by atoms with Gasteiger partial charge in [-0.25, -0.2) is 4.79 Å². The summed E-state index contributed by atoms with van der Waals surface area (Å²) in [5, 5.41) is 9.61. The molecule has 0 unspecified atom stereocenters. The van der Waals surface area contributed by atoms with Gasteiger partial charge < -0.3 is 9.84 Å². The van der Waals surface area contributed by atoms with Gasteiger partial charge in [0.2, 0.25) is 0 Å². The van der Waals surface area contributed by atoms with Gasteiger partial charge in [-0.1, -0.05) is 141 Å². The molecule has 0 saturated carbocycles. The molecule has 0 aromatic heterocycles. The van der Waals surface area contributed by atoms with Crippen molar-refractivity contribution in [2.24, 2.45) is 0 Å². The van der Waals surface area contributed by atoms with Crippen molar-refractivity contribution in [3.05, 3.63) is 162 Å². The van der Waals surface area contributed by atoms with E-state index in [1.165, 1.54) is 33.4 Å². The summed E-state index contributed by atoms with van der Waals surface area (Å²) < 4.78 is 5.11. The summed E-state index contributed by atoms with van der Waals surface area (Å²) in [6, 6.07) is 47.2. The SMILES string of the molecule is C.Cc1cc(-c2ccccc2)c(C)cc1-c1ccccc1.O=COc1cc(-c2ccccc2)c(C(=O)O)cc1-c1ccccc1. The van der Waals surface area contributed by atoms with Crippen LogP contribution in [0.3, 0.4) is 0 Å². The fraction of sp³-hybridized carbons (Fsp3) is 0.0732. The molecule has 0 fully saturated rings. The quantitative estimate of drug-likeness (QED) is 0.187. The molecule has 224 valence electrons. The maximum atomic E-state index is 11.7. The van der Waals surface area contributed by atoms with Crippen LogP contribution in [0.4, 0.5) is 0 Å². The minimum absolute atomic E-state index is 0. The molecule has 6 rings (SSSR count). The van der Waals surface area contributed by atoms with Gasteiger partial charge >= 0.3 is 5.97 Å². The smallest absolute Gasteiger partial charge is 0.336 e. The molecule has 0 aliphatic heterocycles. The number of aryl methyl sites for hydroxylation is 2. The van der Waals surface area contributed by atoms with Gasteiger partial charge in [0.05, 0.1) is 5.56 Å². The Kier molecular flexibility index (Phi) is 10.8. The standard InChI is InChI=1S/C20H14O4.C20H18.CH4/c21-13-24-19-12-16(14-7-3-1-4-8-14)18(20(22)23)11-17(19)15-9-5-2-6-10-15;1-15-13-20(18-11-7-4-8-12-18)16(2)14-19(15)17-9-5-3-6-10-17;/h1-13H,(H,22,23);3-14H,1-2H3;1H4. The van der Waals surface area contributed by atoms with Crippen molar-refractivity contribution in [3.63, 3.8) is 0 Å². The van der Waals surface area contributed by atoms with Gasteiger partial charge in [0.1, 0.15) is 5.75 Å². The lowest BCUT2D eigenvalue weighted by Gasteiger charge is -2.13. The highest BCUT2D eigenvalue weighted by Gasteiger charge is 2.18. The average molecular weight is 593 g/mol. The number of rotatable bonds is 7. The molecule has 0 heterocycles. The van der Waals surface area contributed by atoms with Crippen LogP contribution in [0.5, 0.6) is 5.75 Å². The molecule has 0 atom stereocenters. The van der Waals surface area contributed by atoms with Crippen molar-refractivity contribution in [2.75, 3.05) is 0 Å². The topological polar surface area (TPSA) is 63.6 Å². The van der Waals surface area contributed by atoms with Gasteiger partial charge in [0, 0.05) is 5.56 Å². The third-order valence-corrected chi connectivity index (χ3v) is 7.44. The van der Waals surface area contributed by atoms with Crippen LogP contribution in [0.25, 0.3) is 44.5 Å². The summed E-state index contributed by atoms with van der Waals surface area (Å²) in [6.45, 7) is 4.72. The number of benzene rings is 6. The second kappa shape index (κ2) is 15.1. The van der Waals surface area contributed by atoms with Crippen molar-refractivity contribution < 1.29 is 19.4 Å². The van der Waals surface area contributed by atoms with Crippen molar-refractivity contribution >= 4 is 12.4 Å². The first-order valence-electron chi connectivity index (χ1n) is 14.3. The number of carbonyl (C=O) groups excluding carboxylic acids is 1. The molecule has 0 radical (unpaired) electrons. The molecule has 0 aliphatic rings. The number of carbonyl (C=O) groups is 2. The molecule has 0 spiro atoms. The van der Waals surface area contributed by atoms with Crippen LogP contribution in [0.15, 0.2) is 146 Å². The highest BCUT2D eigenvalue weighted by Crippen LogP contribution is 2.37. The first-order valence-corrected chi connectivity index (χ1v) is 14.3. The number of hydrogen-bond donors (Lipinski definition) is 1. The van der Waals surface area contributed by atoms with Crippen LogP contribution in [-0.4, -0.2) is 17.5 Å². The van der Waals surface area contributed by atoms with Crippen LogP contribution >= 0.6 is 0 Å². The van der Waals surface area contributed by atoms with E-state index in [1.807, 2.05) is 60.7 Å². The molecular formula is C41H36O4. The molecule has 4 heteroatoms. The summed E-state index contributed by atoms with van der Waals surface area (Å²) in [7, 11) is 0. The van der Waals surface area contributed by atoms with E-state index in [0.29, 0.717) is 23.3 Å². The van der Waals surface area contributed by atoms with Gasteiger partial charge in [0.15, 0.2) is 0 Å². The number of carboxylic acids is 1. The zero-order valence-electron chi connectivity index (χ0n) is 24.6. The summed E-state index contributed by atoms with van der Waals surface area (Å²) in [5.74, 6) is -0.719. The van der Waals surface area contributed by atoms with E-state index in [4.69, 9.17) is 4.74 Å². The Morgan fingerprint density at radius 3 is 1.24 bits per heavy atom. The normalized spacial score (nSPS) is 10.1. The monoisotopic (exact) mass is 592 g/mol. The fourth-order valence-electron chi connectivity index (χ4n) is 5.28. The maximum absolute atomic E-state index is 11.7. The summed E-state index contributed by atoms with van der Waals surface area (Å²) in [4.78, 5) is 22.6. The van der Waals surface area contributed by atoms with Crippen molar-refractivity contribution in [3.8, 4) is 50.3 Å². The third kappa shape index (κ3) is 7.62. The predicted octanol–water partition coefficient (Wildman–Crippen LogP) is 10.5. The van der Waals surface area contributed by atoms with Crippen LogP contribution in [0, 0.1) is 13.8 Å². The highest BCUT2D eigenvalue weighted by atomic mass is 16.5. The third-order valence-electron chi connectivity index (χ3n) is 7.44. The molecule has 0 amide bonds. The number of ether oxygens (including phenoxy) is 1. The van der Waals surface area contributed by atoms with E-state index < -0.39 is 5.97 Å². The zero-order chi connectivity index (χ0) is 30.9. The Labute approximate surface area is 265 Å². The summed E-state index contributed by atoms with van der Waals surface area (Å²) >= 11 is 0. The van der Waals surface area contributed by atoms with Crippen molar-refractivity contribution in [1.82, 2.24) is 0 Å². The lowest BCUT2D eigenvalue weighted by Crippen LogP contribution is -2.02. The number of aromatic carboxylic acids is 1. The van der Waals surface area contributed by atoms with Crippen LogP contribution in [0.1, 0.15) is 28.9 Å². The van der Waals surface area contributed by atoms with E-state index in [9.17, 15) is 14.7 Å². The molecule has 0 bridgehead atoms. The first kappa shape index (κ1) is 32.2. The van der Waals surface area contributed by atoms with Gasteiger partial charge in [-0.3, -0.25) is 4.79 Å². The molecule has 6 aromatic rings. The van der Waals surface area contributed by atoms with Crippen LogP contribution in [0.2, 0.25) is 0 Å². The van der Waals surface area contributed by atoms with Crippen LogP contribution in [-0.2, 0) is 4.79 Å². The highest BCUT2D eigenvalue weighted by molar-refractivity contribution is 5.99. The maximum Gasteiger partial charge on any atom is 0.336 e. The molecule has 6 aromatic carbocycles. The summed E-state index contributed by atoms with van der Waals surface area (Å²) in [6.07, 6.45) is 0. The fourth-order valence-corrected chi connectivity index (χ4v) is 5.28.